The number of ether oxygens (including phenoxy) is 2. The van der Waals surface area contributed by atoms with Gasteiger partial charge in [-0.3, -0.25) is 10.1 Å². The van der Waals surface area contributed by atoms with Crippen molar-refractivity contribution in [3.63, 3.8) is 0 Å². The van der Waals surface area contributed by atoms with Gasteiger partial charge in [-0.1, -0.05) is 0 Å². The lowest BCUT2D eigenvalue weighted by Crippen LogP contribution is -2.22. The monoisotopic (exact) mass is 287 g/mol. The molecule has 20 heavy (non-hydrogen) atoms. The van der Waals surface area contributed by atoms with E-state index in [2.05, 4.69) is 0 Å². The molecule has 1 aromatic carbocycles. The number of nitro groups is 1. The zero-order valence-electron chi connectivity index (χ0n) is 11.0. The molecule has 2 rings (SSSR count). The first-order valence-electron chi connectivity index (χ1n) is 6.35. The molecule has 0 amide bonds. The van der Waals surface area contributed by atoms with Gasteiger partial charge in [-0.25, -0.2) is 8.78 Å². The molecule has 0 N–H and O–H groups in total. The Kier molecular flexibility index (Phi) is 4.61. The zero-order chi connectivity index (χ0) is 14.7. The summed E-state index contributed by atoms with van der Waals surface area (Å²) < 4.78 is 38.0. The van der Waals surface area contributed by atoms with Crippen LogP contribution in [0.4, 0.5) is 14.5 Å². The fraction of sp³-hybridized carbons (Fsp3) is 0.538. The number of rotatable bonds is 4. The molecule has 1 fully saturated rings. The molecule has 5 nitrogen and oxygen atoms in total. The number of nitrogens with zero attached hydrogens (tertiary/aromatic N) is 1. The highest BCUT2D eigenvalue weighted by Gasteiger charge is 2.23. The second-order valence-electron chi connectivity index (χ2n) is 4.67. The van der Waals surface area contributed by atoms with E-state index in [1.165, 1.54) is 6.92 Å². The number of hydrogen-bond acceptors (Lipinski definition) is 4. The maximum absolute atomic E-state index is 13.7. The fourth-order valence-electron chi connectivity index (χ4n) is 2.07. The van der Waals surface area contributed by atoms with Gasteiger partial charge in [0.2, 0.25) is 0 Å². The lowest BCUT2D eigenvalue weighted by atomic mass is 10.1. The van der Waals surface area contributed by atoms with Crippen molar-refractivity contribution in [3.05, 3.63) is 38.9 Å². The summed E-state index contributed by atoms with van der Waals surface area (Å²) in [4.78, 5) is 10.1. The van der Waals surface area contributed by atoms with E-state index in [0.29, 0.717) is 13.0 Å². The van der Waals surface area contributed by atoms with Gasteiger partial charge in [-0.05, 0) is 26.2 Å². The summed E-state index contributed by atoms with van der Waals surface area (Å²) in [6.07, 6.45) is 2.10. The molecule has 0 aliphatic carbocycles. The van der Waals surface area contributed by atoms with Gasteiger partial charge in [0.25, 0.3) is 5.69 Å². The minimum Gasteiger partial charge on any atom is -0.353 e. The maximum atomic E-state index is 13.7. The van der Waals surface area contributed by atoms with Crippen molar-refractivity contribution >= 4 is 5.69 Å². The average molecular weight is 287 g/mol. The lowest BCUT2D eigenvalue weighted by Gasteiger charge is -2.22. The topological polar surface area (TPSA) is 61.6 Å². The van der Waals surface area contributed by atoms with E-state index in [4.69, 9.17) is 9.47 Å². The van der Waals surface area contributed by atoms with Crippen LogP contribution < -0.4 is 0 Å². The van der Waals surface area contributed by atoms with Crippen LogP contribution in [0.3, 0.4) is 0 Å². The van der Waals surface area contributed by atoms with E-state index in [0.717, 1.165) is 18.9 Å². The Balaban J connectivity index is 2.16. The van der Waals surface area contributed by atoms with Gasteiger partial charge in [0.1, 0.15) is 0 Å². The largest absolute Gasteiger partial charge is 0.353 e. The van der Waals surface area contributed by atoms with Crippen molar-refractivity contribution in [1.82, 2.24) is 0 Å². The molecule has 110 valence electrons. The van der Waals surface area contributed by atoms with Gasteiger partial charge in [-0.2, -0.15) is 0 Å². The molecule has 0 saturated carbocycles. The maximum Gasteiger partial charge on any atom is 0.275 e. The van der Waals surface area contributed by atoms with Crippen LogP contribution in [-0.2, 0) is 16.1 Å². The SMILES string of the molecule is Cc1c([N+](=O)[O-])cc(COC2CCCCO2)c(F)c1F. The van der Waals surface area contributed by atoms with Crippen LogP contribution in [-0.4, -0.2) is 17.8 Å². The van der Waals surface area contributed by atoms with E-state index in [-0.39, 0.29) is 17.7 Å². The Bertz CT molecular complexity index is 516. The van der Waals surface area contributed by atoms with Crippen LogP contribution in [0.1, 0.15) is 30.4 Å². The number of benzene rings is 1. The van der Waals surface area contributed by atoms with Crippen molar-refractivity contribution < 1.29 is 23.2 Å². The first-order valence-corrected chi connectivity index (χ1v) is 6.35. The van der Waals surface area contributed by atoms with Crippen molar-refractivity contribution in [1.29, 1.82) is 0 Å². The third kappa shape index (κ3) is 3.10. The molecule has 1 unspecified atom stereocenters. The summed E-state index contributed by atoms with van der Waals surface area (Å²) in [5.41, 5.74) is -0.939. The van der Waals surface area contributed by atoms with Gasteiger partial charge in [-0.15, -0.1) is 0 Å². The van der Waals surface area contributed by atoms with Crippen LogP contribution >= 0.6 is 0 Å². The highest BCUT2D eigenvalue weighted by atomic mass is 19.2. The van der Waals surface area contributed by atoms with E-state index in [1.807, 2.05) is 0 Å². The molecule has 0 spiro atoms. The van der Waals surface area contributed by atoms with Crippen LogP contribution in [0.15, 0.2) is 6.07 Å². The third-order valence-corrected chi connectivity index (χ3v) is 3.26. The van der Waals surface area contributed by atoms with Gasteiger partial charge in [0, 0.05) is 18.2 Å². The standard InChI is InChI=1S/C13H15F2NO4/c1-8-10(16(17)18)6-9(13(15)12(8)14)7-20-11-4-2-3-5-19-11/h6,11H,2-5,7H2,1H3. The Morgan fingerprint density at radius 1 is 1.45 bits per heavy atom. The number of halogens is 2. The first kappa shape index (κ1) is 14.8. The second-order valence-corrected chi connectivity index (χ2v) is 4.67. The highest BCUT2D eigenvalue weighted by molar-refractivity contribution is 5.44. The summed E-state index contributed by atoms with van der Waals surface area (Å²) >= 11 is 0. The molecule has 1 saturated heterocycles. The smallest absolute Gasteiger partial charge is 0.275 e. The highest BCUT2D eigenvalue weighted by Crippen LogP contribution is 2.27. The van der Waals surface area contributed by atoms with E-state index in [1.54, 1.807) is 0 Å². The summed E-state index contributed by atoms with van der Waals surface area (Å²) in [5.74, 6) is -2.31. The van der Waals surface area contributed by atoms with Gasteiger partial charge in [0.05, 0.1) is 17.1 Å². The van der Waals surface area contributed by atoms with Crippen molar-refractivity contribution in [2.75, 3.05) is 6.61 Å². The molecule has 0 aromatic heterocycles. The van der Waals surface area contributed by atoms with Crippen LogP contribution in [0, 0.1) is 28.7 Å². The minimum atomic E-state index is -1.21. The number of hydrogen-bond donors (Lipinski definition) is 0. The molecule has 0 bridgehead atoms. The summed E-state index contributed by atoms with van der Waals surface area (Å²) in [7, 11) is 0. The van der Waals surface area contributed by atoms with E-state index < -0.39 is 28.5 Å². The Morgan fingerprint density at radius 2 is 2.20 bits per heavy atom. The van der Waals surface area contributed by atoms with Crippen LogP contribution in [0.2, 0.25) is 0 Å². The molecule has 1 heterocycles. The van der Waals surface area contributed by atoms with Gasteiger partial charge < -0.3 is 9.47 Å². The van der Waals surface area contributed by atoms with Crippen molar-refractivity contribution in [2.24, 2.45) is 0 Å². The molecule has 1 aliphatic heterocycles. The molecular formula is C13H15F2NO4. The van der Waals surface area contributed by atoms with Gasteiger partial charge in [0.15, 0.2) is 17.9 Å². The summed E-state index contributed by atoms with van der Waals surface area (Å²) in [5, 5.41) is 10.8. The Morgan fingerprint density at radius 3 is 2.80 bits per heavy atom. The van der Waals surface area contributed by atoms with Crippen LogP contribution in [0.5, 0.6) is 0 Å². The Labute approximate surface area is 114 Å². The van der Waals surface area contributed by atoms with E-state index in [9.17, 15) is 18.9 Å². The lowest BCUT2D eigenvalue weighted by molar-refractivity contribution is -0.385. The molecule has 0 radical (unpaired) electrons. The predicted molar refractivity (Wildman–Crippen MR) is 66.1 cm³/mol. The fourth-order valence-corrected chi connectivity index (χ4v) is 2.07. The summed E-state index contributed by atoms with van der Waals surface area (Å²) in [6, 6.07) is 1.01. The van der Waals surface area contributed by atoms with Crippen molar-refractivity contribution in [3.8, 4) is 0 Å². The quantitative estimate of drug-likeness (QED) is 0.630. The normalized spacial score (nSPS) is 19.1. The third-order valence-electron chi connectivity index (χ3n) is 3.26. The summed E-state index contributed by atoms with van der Waals surface area (Å²) in [6.45, 7) is 1.48. The average Bonchev–Trinajstić information content (AvgIpc) is 2.45. The molecule has 1 aromatic rings. The minimum absolute atomic E-state index is 0.172. The number of nitro benzene ring substituents is 1. The molecule has 7 heteroatoms. The predicted octanol–water partition coefficient (Wildman–Crippen LogP) is 3.22. The molecule has 1 atom stereocenters. The van der Waals surface area contributed by atoms with Crippen molar-refractivity contribution in [2.45, 2.75) is 39.1 Å². The Hall–Kier alpha value is -1.60. The molecular weight excluding hydrogens is 272 g/mol. The molecule has 1 aliphatic rings. The first-order chi connectivity index (χ1) is 9.50. The second kappa shape index (κ2) is 6.23. The van der Waals surface area contributed by atoms with Gasteiger partial charge >= 0.3 is 0 Å². The van der Waals surface area contributed by atoms with E-state index >= 15 is 0 Å². The zero-order valence-corrected chi connectivity index (χ0v) is 11.0. The van der Waals surface area contributed by atoms with Crippen LogP contribution in [0.25, 0.3) is 0 Å².